The van der Waals surface area contributed by atoms with Gasteiger partial charge in [-0.25, -0.2) is 0 Å². The zero-order valence-corrected chi connectivity index (χ0v) is 18.1. The van der Waals surface area contributed by atoms with Gasteiger partial charge in [0.2, 0.25) is 6.71 Å². The van der Waals surface area contributed by atoms with Gasteiger partial charge in [-0.05, 0) is 51.7 Å². The van der Waals surface area contributed by atoms with Gasteiger partial charge < -0.3 is 4.57 Å². The Balaban J connectivity index is 1.55. The van der Waals surface area contributed by atoms with Crippen LogP contribution in [0.2, 0.25) is 0 Å². The van der Waals surface area contributed by atoms with E-state index in [1.165, 1.54) is 66.1 Å². The lowest BCUT2D eigenvalue weighted by Crippen LogP contribution is -2.60. The average molecular weight is 417 g/mol. The average Bonchev–Trinajstić information content (AvgIpc) is 3.23. The molecule has 8 rings (SSSR count). The van der Waals surface area contributed by atoms with Crippen molar-refractivity contribution in [2.45, 2.75) is 6.42 Å². The third kappa shape index (κ3) is 2.23. The predicted octanol–water partition coefficient (Wildman–Crippen LogP) is 5.18. The molecule has 0 atom stereocenters. The topological polar surface area (TPSA) is 4.93 Å². The van der Waals surface area contributed by atoms with Crippen LogP contribution in [0.25, 0.3) is 38.6 Å². The molecule has 0 N–H and O–H groups in total. The van der Waals surface area contributed by atoms with Crippen LogP contribution >= 0.6 is 0 Å². The zero-order chi connectivity index (χ0) is 21.5. The number of benzene rings is 5. The molecule has 3 heterocycles. The Bertz CT molecular complexity index is 1740. The fraction of sp³-hybridized carbons (Fsp3) is 0.0323. The molecular formula is C31H20BN. The Morgan fingerprint density at radius 1 is 0.576 bits per heavy atom. The van der Waals surface area contributed by atoms with E-state index in [0.29, 0.717) is 0 Å². The van der Waals surface area contributed by atoms with Gasteiger partial charge >= 0.3 is 0 Å². The largest absolute Gasteiger partial charge is 0.310 e. The van der Waals surface area contributed by atoms with Gasteiger partial charge in [0.1, 0.15) is 0 Å². The molecule has 152 valence electrons. The molecule has 0 saturated carbocycles. The van der Waals surface area contributed by atoms with Crippen molar-refractivity contribution >= 4 is 44.9 Å². The van der Waals surface area contributed by atoms with Crippen molar-refractivity contribution in [3.05, 3.63) is 120 Å². The van der Waals surface area contributed by atoms with E-state index in [0.717, 1.165) is 6.42 Å². The van der Waals surface area contributed by atoms with Crippen LogP contribution in [-0.2, 0) is 6.42 Å². The lowest BCUT2D eigenvalue weighted by atomic mass is 9.32. The summed E-state index contributed by atoms with van der Waals surface area (Å²) < 4.78 is 2.53. The second-order valence-corrected chi connectivity index (χ2v) is 9.34. The summed E-state index contributed by atoms with van der Waals surface area (Å²) in [5, 5.41) is 2.71. The zero-order valence-electron chi connectivity index (χ0n) is 18.1. The summed E-state index contributed by atoms with van der Waals surface area (Å²) in [7, 11) is 0. The molecule has 2 heteroatoms. The molecule has 2 aliphatic rings. The molecule has 1 nitrogen and oxygen atoms in total. The van der Waals surface area contributed by atoms with Crippen molar-refractivity contribution in [2.75, 3.05) is 0 Å². The quantitative estimate of drug-likeness (QED) is 0.324. The fourth-order valence-electron chi connectivity index (χ4n) is 6.31. The van der Waals surface area contributed by atoms with Crippen molar-refractivity contribution in [2.24, 2.45) is 0 Å². The summed E-state index contributed by atoms with van der Waals surface area (Å²) in [5.74, 6) is 0. The Morgan fingerprint density at radius 3 is 2.33 bits per heavy atom. The van der Waals surface area contributed by atoms with E-state index in [2.05, 4.69) is 114 Å². The maximum atomic E-state index is 2.53. The number of aromatic nitrogens is 1. The van der Waals surface area contributed by atoms with Gasteiger partial charge in [0, 0.05) is 22.0 Å². The first-order valence-electron chi connectivity index (χ1n) is 11.7. The highest BCUT2D eigenvalue weighted by Crippen LogP contribution is 2.36. The van der Waals surface area contributed by atoms with E-state index in [-0.39, 0.29) is 6.71 Å². The minimum Gasteiger partial charge on any atom is -0.310 e. The van der Waals surface area contributed by atoms with Crippen LogP contribution in [0, 0.1) is 0 Å². The molecule has 2 aliphatic heterocycles. The number of hydrogen-bond acceptors (Lipinski definition) is 0. The molecule has 5 aromatic carbocycles. The van der Waals surface area contributed by atoms with Gasteiger partial charge in [-0.3, -0.25) is 0 Å². The lowest BCUT2D eigenvalue weighted by molar-refractivity contribution is 1.16. The van der Waals surface area contributed by atoms with Gasteiger partial charge in [-0.15, -0.1) is 0 Å². The SMILES string of the molecule is c1ccc(-c2ccc3c(c2)B2c4ccccc4Cc4ccc5c6ccccc6n-3c5c42)cc1. The second-order valence-electron chi connectivity index (χ2n) is 9.34. The molecule has 0 aliphatic carbocycles. The highest BCUT2D eigenvalue weighted by Gasteiger charge is 2.38. The van der Waals surface area contributed by atoms with Crippen LogP contribution in [-0.4, -0.2) is 11.3 Å². The third-order valence-corrected chi connectivity index (χ3v) is 7.69. The number of rotatable bonds is 1. The molecule has 0 unspecified atom stereocenters. The Hall–Kier alpha value is -4.04. The molecule has 0 bridgehead atoms. The Kier molecular flexibility index (Phi) is 3.33. The maximum Gasteiger partial charge on any atom is 0.247 e. The van der Waals surface area contributed by atoms with E-state index < -0.39 is 0 Å². The van der Waals surface area contributed by atoms with Crippen LogP contribution in [0.15, 0.2) is 109 Å². The molecule has 0 radical (unpaired) electrons. The number of para-hydroxylation sites is 1. The van der Waals surface area contributed by atoms with Crippen LogP contribution in [0.3, 0.4) is 0 Å². The monoisotopic (exact) mass is 417 g/mol. The molecule has 1 aromatic heterocycles. The molecular weight excluding hydrogens is 397 g/mol. The predicted molar refractivity (Wildman–Crippen MR) is 140 cm³/mol. The van der Waals surface area contributed by atoms with Gasteiger partial charge in [-0.1, -0.05) is 103 Å². The first-order chi connectivity index (χ1) is 16.4. The summed E-state index contributed by atoms with van der Waals surface area (Å²) in [5.41, 5.74) is 13.8. The van der Waals surface area contributed by atoms with Gasteiger partial charge in [0.15, 0.2) is 0 Å². The summed E-state index contributed by atoms with van der Waals surface area (Å²) in [6.07, 6.45) is 1.01. The normalized spacial score (nSPS) is 13.3. The fourth-order valence-corrected chi connectivity index (χ4v) is 6.31. The summed E-state index contributed by atoms with van der Waals surface area (Å²) >= 11 is 0. The molecule has 0 saturated heterocycles. The second kappa shape index (κ2) is 6.27. The van der Waals surface area contributed by atoms with Crippen molar-refractivity contribution in [3.8, 4) is 16.8 Å². The number of fused-ring (bicyclic) bond motifs is 8. The summed E-state index contributed by atoms with van der Waals surface area (Å²) in [6.45, 7) is 0.268. The minimum absolute atomic E-state index is 0.268. The highest BCUT2D eigenvalue weighted by molar-refractivity contribution is 6.99. The van der Waals surface area contributed by atoms with Crippen LogP contribution in [0.5, 0.6) is 0 Å². The van der Waals surface area contributed by atoms with Crippen molar-refractivity contribution in [1.29, 1.82) is 0 Å². The van der Waals surface area contributed by atoms with Gasteiger partial charge in [0.25, 0.3) is 0 Å². The van der Waals surface area contributed by atoms with Gasteiger partial charge in [-0.2, -0.15) is 0 Å². The lowest BCUT2D eigenvalue weighted by Gasteiger charge is -2.33. The minimum atomic E-state index is 0.268. The maximum absolute atomic E-state index is 2.53. The molecule has 0 fully saturated rings. The summed E-state index contributed by atoms with van der Waals surface area (Å²) in [6, 6.07) is 40.5. The van der Waals surface area contributed by atoms with E-state index in [4.69, 9.17) is 0 Å². The number of hydrogen-bond donors (Lipinski definition) is 0. The highest BCUT2D eigenvalue weighted by atomic mass is 15.0. The van der Waals surface area contributed by atoms with E-state index >= 15 is 0 Å². The van der Waals surface area contributed by atoms with Crippen LogP contribution in [0.1, 0.15) is 11.1 Å². The van der Waals surface area contributed by atoms with Crippen molar-refractivity contribution in [3.63, 3.8) is 0 Å². The van der Waals surface area contributed by atoms with Crippen LogP contribution < -0.4 is 16.4 Å². The van der Waals surface area contributed by atoms with E-state index in [1.54, 1.807) is 0 Å². The first-order valence-corrected chi connectivity index (χ1v) is 11.7. The van der Waals surface area contributed by atoms with E-state index in [1.807, 2.05) is 0 Å². The Morgan fingerprint density at radius 2 is 1.39 bits per heavy atom. The van der Waals surface area contributed by atoms with Crippen molar-refractivity contribution < 1.29 is 0 Å². The summed E-state index contributed by atoms with van der Waals surface area (Å²) in [4.78, 5) is 0. The number of nitrogens with zero attached hydrogens (tertiary/aromatic N) is 1. The molecule has 6 aromatic rings. The first kappa shape index (κ1) is 17.5. The Labute approximate surface area is 193 Å². The third-order valence-electron chi connectivity index (χ3n) is 7.69. The molecule has 0 spiro atoms. The smallest absolute Gasteiger partial charge is 0.247 e. The van der Waals surface area contributed by atoms with E-state index in [9.17, 15) is 0 Å². The standard InChI is InChI=1S/C31H20BN/c1-2-8-20(9-3-1)21-15-17-29-27(19-21)32-26-12-6-4-10-22(26)18-23-14-16-25-24-11-5-7-13-28(24)33(29)31(25)30(23)32/h1-17,19H,18H2. The molecule has 33 heavy (non-hydrogen) atoms. The molecule has 0 amide bonds. The van der Waals surface area contributed by atoms with Gasteiger partial charge in [0.05, 0.1) is 5.52 Å². The van der Waals surface area contributed by atoms with Crippen LogP contribution in [0.4, 0.5) is 0 Å². The van der Waals surface area contributed by atoms with Crippen molar-refractivity contribution in [1.82, 2.24) is 4.57 Å².